The zero-order valence-electron chi connectivity index (χ0n) is 13.5. The summed E-state index contributed by atoms with van der Waals surface area (Å²) in [6.45, 7) is 0.936. The molecule has 0 bridgehead atoms. The second-order valence-electron chi connectivity index (χ2n) is 6.16. The molecule has 1 saturated carbocycles. The van der Waals surface area contributed by atoms with E-state index in [1.165, 1.54) is 10.5 Å². The number of hydrogen-bond donors (Lipinski definition) is 1. The number of methoxy groups -OCH3 is 1. The van der Waals surface area contributed by atoms with Crippen LogP contribution in [0.5, 0.6) is 5.75 Å². The highest BCUT2D eigenvalue weighted by molar-refractivity contribution is 6.03. The molecule has 1 N–H and O–H groups in total. The van der Waals surface area contributed by atoms with Gasteiger partial charge in [0.25, 0.3) is 11.8 Å². The van der Waals surface area contributed by atoms with Crippen LogP contribution in [0.25, 0.3) is 0 Å². The van der Waals surface area contributed by atoms with Crippen molar-refractivity contribution in [2.45, 2.75) is 30.9 Å². The van der Waals surface area contributed by atoms with Crippen molar-refractivity contribution in [3.63, 3.8) is 0 Å². The summed E-state index contributed by atoms with van der Waals surface area (Å²) in [5.74, 6) is 0.700. The Morgan fingerprint density at radius 3 is 2.65 bits per heavy atom. The van der Waals surface area contributed by atoms with Crippen molar-refractivity contribution in [2.75, 3.05) is 27.3 Å². The van der Waals surface area contributed by atoms with E-state index in [2.05, 4.69) is 17.4 Å². The van der Waals surface area contributed by atoms with E-state index in [0.29, 0.717) is 19.1 Å². The number of morpholine rings is 1. The van der Waals surface area contributed by atoms with Crippen molar-refractivity contribution in [1.29, 1.82) is 0 Å². The van der Waals surface area contributed by atoms with Crippen LogP contribution < -0.4 is 10.1 Å². The molecule has 1 aromatic carbocycles. The standard InChI is InChI=1S/C17H22N2O4/c1-19-7-8-23-15(17(19)21)16(20)18-13-9-12(10-13)11-3-5-14(22-2)6-4-11/h3-6,12-13,15H,7-10H2,1-2H3,(H,18,20). The predicted molar refractivity (Wildman–Crippen MR) is 84.3 cm³/mol. The molecule has 2 amide bonds. The van der Waals surface area contributed by atoms with Crippen LogP contribution in [0.2, 0.25) is 0 Å². The number of carbonyl (C=O) groups excluding carboxylic acids is 2. The monoisotopic (exact) mass is 318 g/mol. The maximum absolute atomic E-state index is 12.2. The van der Waals surface area contributed by atoms with Crippen molar-refractivity contribution in [1.82, 2.24) is 10.2 Å². The quantitative estimate of drug-likeness (QED) is 0.838. The lowest BCUT2D eigenvalue weighted by atomic mass is 9.76. The van der Waals surface area contributed by atoms with E-state index in [4.69, 9.17) is 9.47 Å². The van der Waals surface area contributed by atoms with Gasteiger partial charge in [0.1, 0.15) is 5.75 Å². The minimum absolute atomic E-state index is 0.109. The molecule has 1 aromatic rings. The number of hydrogen-bond acceptors (Lipinski definition) is 4. The van der Waals surface area contributed by atoms with Gasteiger partial charge in [-0.05, 0) is 36.5 Å². The summed E-state index contributed by atoms with van der Waals surface area (Å²) < 4.78 is 10.5. The van der Waals surface area contributed by atoms with E-state index in [0.717, 1.165) is 18.6 Å². The number of likely N-dealkylation sites (N-methyl/N-ethyl adjacent to an activating group) is 1. The fourth-order valence-corrected chi connectivity index (χ4v) is 3.04. The summed E-state index contributed by atoms with van der Waals surface area (Å²) in [6.07, 6.45) is 0.776. The first-order chi connectivity index (χ1) is 11.1. The number of nitrogens with zero attached hydrogens (tertiary/aromatic N) is 1. The zero-order valence-corrected chi connectivity index (χ0v) is 13.5. The van der Waals surface area contributed by atoms with Gasteiger partial charge in [0, 0.05) is 19.6 Å². The number of benzene rings is 1. The third-order valence-electron chi connectivity index (χ3n) is 4.62. The molecule has 6 heteroatoms. The SMILES string of the molecule is COc1ccc(C2CC(NC(=O)C3OCCN(C)C3=O)C2)cc1. The van der Waals surface area contributed by atoms with E-state index in [-0.39, 0.29) is 17.9 Å². The first kappa shape index (κ1) is 15.8. The normalized spacial score (nSPS) is 27.3. The summed E-state index contributed by atoms with van der Waals surface area (Å²) in [5.41, 5.74) is 1.25. The lowest BCUT2D eigenvalue weighted by molar-refractivity contribution is -0.159. The Morgan fingerprint density at radius 2 is 2.00 bits per heavy atom. The molecule has 2 fully saturated rings. The summed E-state index contributed by atoms with van der Waals surface area (Å²) in [7, 11) is 3.34. The summed E-state index contributed by atoms with van der Waals surface area (Å²) in [4.78, 5) is 25.6. The molecule has 1 atom stereocenters. The molecular formula is C17H22N2O4. The van der Waals surface area contributed by atoms with Gasteiger partial charge in [-0.1, -0.05) is 12.1 Å². The molecule has 124 valence electrons. The van der Waals surface area contributed by atoms with Gasteiger partial charge in [-0.25, -0.2) is 0 Å². The van der Waals surface area contributed by atoms with Crippen LogP contribution >= 0.6 is 0 Å². The van der Waals surface area contributed by atoms with Crippen LogP contribution in [0.15, 0.2) is 24.3 Å². The van der Waals surface area contributed by atoms with Crippen LogP contribution in [0, 0.1) is 0 Å². The van der Waals surface area contributed by atoms with Crippen molar-refractivity contribution in [3.05, 3.63) is 29.8 Å². The minimum atomic E-state index is -0.992. The van der Waals surface area contributed by atoms with E-state index in [9.17, 15) is 9.59 Å². The Morgan fingerprint density at radius 1 is 1.30 bits per heavy atom. The van der Waals surface area contributed by atoms with Crippen LogP contribution in [0.1, 0.15) is 24.3 Å². The second kappa shape index (κ2) is 6.58. The molecule has 0 radical (unpaired) electrons. The van der Waals surface area contributed by atoms with Gasteiger partial charge in [-0.2, -0.15) is 0 Å². The topological polar surface area (TPSA) is 67.9 Å². The third kappa shape index (κ3) is 3.32. The molecule has 1 heterocycles. The van der Waals surface area contributed by atoms with Crippen LogP contribution in [-0.2, 0) is 14.3 Å². The lowest BCUT2D eigenvalue weighted by Crippen LogP contribution is -2.55. The third-order valence-corrected chi connectivity index (χ3v) is 4.62. The first-order valence-electron chi connectivity index (χ1n) is 7.89. The van der Waals surface area contributed by atoms with E-state index < -0.39 is 6.10 Å². The lowest BCUT2D eigenvalue weighted by Gasteiger charge is -2.37. The van der Waals surface area contributed by atoms with Gasteiger partial charge in [0.15, 0.2) is 0 Å². The summed E-state index contributed by atoms with van der Waals surface area (Å²) in [5, 5.41) is 2.92. The molecule has 2 aliphatic rings. The number of ether oxygens (including phenoxy) is 2. The highest BCUT2D eigenvalue weighted by atomic mass is 16.5. The van der Waals surface area contributed by atoms with Gasteiger partial charge in [0.2, 0.25) is 6.10 Å². The molecule has 1 aliphatic carbocycles. The predicted octanol–water partition coefficient (Wildman–Crippen LogP) is 0.915. The molecule has 0 spiro atoms. The molecule has 6 nitrogen and oxygen atoms in total. The number of carbonyl (C=O) groups is 2. The van der Waals surface area contributed by atoms with Crippen molar-refractivity contribution in [3.8, 4) is 5.75 Å². The van der Waals surface area contributed by atoms with Crippen LogP contribution in [0.3, 0.4) is 0 Å². The summed E-state index contributed by atoms with van der Waals surface area (Å²) in [6, 6.07) is 8.13. The van der Waals surface area contributed by atoms with Gasteiger partial charge >= 0.3 is 0 Å². The minimum Gasteiger partial charge on any atom is -0.497 e. The van der Waals surface area contributed by atoms with E-state index >= 15 is 0 Å². The Bertz CT molecular complexity index is 581. The smallest absolute Gasteiger partial charge is 0.261 e. The van der Waals surface area contributed by atoms with Gasteiger partial charge in [-0.3, -0.25) is 9.59 Å². The molecule has 1 unspecified atom stereocenters. The maximum Gasteiger partial charge on any atom is 0.261 e. The number of rotatable bonds is 4. The molecule has 1 aliphatic heterocycles. The van der Waals surface area contributed by atoms with Gasteiger partial charge in [0.05, 0.1) is 13.7 Å². The van der Waals surface area contributed by atoms with Crippen LogP contribution in [0.4, 0.5) is 0 Å². The Labute approximate surface area is 135 Å². The van der Waals surface area contributed by atoms with Crippen molar-refractivity contribution in [2.24, 2.45) is 0 Å². The Kier molecular flexibility index (Phi) is 4.52. The first-order valence-corrected chi connectivity index (χ1v) is 7.89. The number of nitrogens with one attached hydrogen (secondary N) is 1. The Balaban J connectivity index is 1.49. The fourth-order valence-electron chi connectivity index (χ4n) is 3.04. The molecule has 1 saturated heterocycles. The van der Waals surface area contributed by atoms with Crippen molar-refractivity contribution >= 4 is 11.8 Å². The van der Waals surface area contributed by atoms with E-state index in [1.807, 2.05) is 12.1 Å². The zero-order chi connectivity index (χ0) is 16.4. The highest BCUT2D eigenvalue weighted by Crippen LogP contribution is 2.37. The molecule has 3 rings (SSSR count). The fraction of sp³-hybridized carbons (Fsp3) is 0.529. The van der Waals surface area contributed by atoms with E-state index in [1.54, 1.807) is 14.2 Å². The van der Waals surface area contributed by atoms with Gasteiger partial charge in [-0.15, -0.1) is 0 Å². The summed E-state index contributed by atoms with van der Waals surface area (Å²) >= 11 is 0. The second-order valence-corrected chi connectivity index (χ2v) is 6.16. The largest absolute Gasteiger partial charge is 0.497 e. The Hall–Kier alpha value is -2.08. The molecule has 23 heavy (non-hydrogen) atoms. The molecule has 0 aromatic heterocycles. The highest BCUT2D eigenvalue weighted by Gasteiger charge is 2.37. The number of amides is 2. The van der Waals surface area contributed by atoms with Crippen LogP contribution in [-0.4, -0.2) is 56.2 Å². The van der Waals surface area contributed by atoms with Crippen molar-refractivity contribution < 1.29 is 19.1 Å². The average molecular weight is 318 g/mol. The molecular weight excluding hydrogens is 296 g/mol. The van der Waals surface area contributed by atoms with Gasteiger partial charge < -0.3 is 19.7 Å². The maximum atomic E-state index is 12.2. The average Bonchev–Trinajstić information content (AvgIpc) is 2.53.